The van der Waals surface area contributed by atoms with Crippen molar-refractivity contribution in [1.82, 2.24) is 14.9 Å². The van der Waals surface area contributed by atoms with Crippen LogP contribution in [0.4, 0.5) is 8.78 Å². The lowest BCUT2D eigenvalue weighted by Gasteiger charge is -2.31. The highest BCUT2D eigenvalue weighted by atomic mass is 35.5. The highest BCUT2D eigenvalue weighted by Gasteiger charge is 2.45. The van der Waals surface area contributed by atoms with Crippen LogP contribution in [-0.4, -0.2) is 38.2 Å². The second-order valence-electron chi connectivity index (χ2n) is 8.34. The molecule has 0 saturated carbocycles. The summed E-state index contributed by atoms with van der Waals surface area (Å²) in [6.45, 7) is 0.104. The van der Waals surface area contributed by atoms with Gasteiger partial charge in [-0.1, -0.05) is 18.5 Å². The number of pyridine rings is 2. The quantitative estimate of drug-likeness (QED) is 0.284. The molecule has 0 aliphatic carbocycles. The van der Waals surface area contributed by atoms with Crippen LogP contribution in [0.25, 0.3) is 22.3 Å². The molecule has 182 valence electrons. The van der Waals surface area contributed by atoms with Gasteiger partial charge in [0.25, 0.3) is 5.56 Å². The summed E-state index contributed by atoms with van der Waals surface area (Å²) < 4.78 is 35.8. The van der Waals surface area contributed by atoms with Crippen LogP contribution >= 0.6 is 11.6 Å². The average Bonchev–Trinajstić information content (AvgIpc) is 3.21. The Hall–Kier alpha value is -3.41. The first-order valence-electron chi connectivity index (χ1n) is 10.7. The molecule has 1 amide bonds. The maximum absolute atomic E-state index is 15.1. The molecule has 0 unspecified atom stereocenters. The number of ether oxygens (including phenoxy) is 1. The van der Waals surface area contributed by atoms with Crippen LogP contribution in [-0.2, 0) is 39.6 Å². The predicted octanol–water partition coefficient (Wildman–Crippen LogP) is 1.62. The molecule has 2 aromatic heterocycles. The number of rotatable bonds is 4. The van der Waals surface area contributed by atoms with E-state index in [1.54, 1.807) is 6.92 Å². The van der Waals surface area contributed by atoms with Gasteiger partial charge >= 0.3 is 5.97 Å². The molecule has 0 spiro atoms. The van der Waals surface area contributed by atoms with Crippen LogP contribution in [0.2, 0.25) is 5.02 Å². The lowest BCUT2D eigenvalue weighted by atomic mass is 9.86. The van der Waals surface area contributed by atoms with Crippen molar-refractivity contribution in [3.63, 3.8) is 0 Å². The number of benzene rings is 1. The Kier molecular flexibility index (Phi) is 5.38. The number of carbonyl (C=O) groups is 2. The lowest BCUT2D eigenvalue weighted by molar-refractivity contribution is -0.172. The van der Waals surface area contributed by atoms with Crippen LogP contribution < -0.4 is 10.9 Å². The SMILES string of the molecule is CC[C@@]1(O)C(=O)OCc2c1cc1n(c2=O)Cc2c-1nc1cc(F)c(Cl)c(F)c1c2CNC(=O)CO. The first kappa shape index (κ1) is 23.3. The van der Waals surface area contributed by atoms with Gasteiger partial charge in [0.05, 0.1) is 29.0 Å². The predicted molar refractivity (Wildman–Crippen MR) is 118 cm³/mol. The van der Waals surface area contributed by atoms with Gasteiger partial charge < -0.3 is 24.8 Å². The third kappa shape index (κ3) is 3.26. The number of hydrogen-bond acceptors (Lipinski definition) is 7. The van der Waals surface area contributed by atoms with E-state index in [1.165, 1.54) is 10.6 Å². The Morgan fingerprint density at radius 2 is 2.06 bits per heavy atom. The zero-order valence-electron chi connectivity index (χ0n) is 18.2. The van der Waals surface area contributed by atoms with Gasteiger partial charge in [0.1, 0.15) is 24.1 Å². The molecular formula is C23H18ClF2N3O6. The Morgan fingerprint density at radius 3 is 2.74 bits per heavy atom. The molecule has 1 atom stereocenters. The van der Waals surface area contributed by atoms with Crippen molar-refractivity contribution in [3.8, 4) is 11.4 Å². The highest BCUT2D eigenvalue weighted by molar-refractivity contribution is 6.31. The molecule has 12 heteroatoms. The number of nitrogens with zero attached hydrogens (tertiary/aromatic N) is 2. The number of aliphatic hydroxyl groups is 2. The number of nitrogens with one attached hydrogen (secondary N) is 1. The molecule has 3 N–H and O–H groups in total. The standard InChI is InChI=1S/C23H18ClF2N3O6/c1-2-23(34)12-3-15-20-10(6-29(15)21(32)11(12)8-35-22(23)33)9(5-27-16(31)7-30)17-14(28-20)4-13(25)18(24)19(17)26/h3-4,30,34H,2,5-8H2,1H3,(H,27,31)/t23-/m0/s1. The van der Waals surface area contributed by atoms with Gasteiger partial charge in [0.2, 0.25) is 5.91 Å². The van der Waals surface area contributed by atoms with Gasteiger partial charge in [0, 0.05) is 29.1 Å². The summed E-state index contributed by atoms with van der Waals surface area (Å²) in [5.41, 5.74) is -1.49. The number of cyclic esters (lactones) is 1. The number of hydrogen-bond donors (Lipinski definition) is 3. The summed E-state index contributed by atoms with van der Waals surface area (Å²) in [7, 11) is 0. The van der Waals surface area contributed by atoms with E-state index in [-0.39, 0.29) is 65.1 Å². The van der Waals surface area contributed by atoms with Gasteiger partial charge in [0.15, 0.2) is 11.4 Å². The maximum atomic E-state index is 15.1. The van der Waals surface area contributed by atoms with E-state index < -0.39 is 46.3 Å². The summed E-state index contributed by atoms with van der Waals surface area (Å²) >= 11 is 5.80. The normalized spacial score (nSPS) is 18.2. The molecular weight excluding hydrogens is 488 g/mol. The fourth-order valence-electron chi connectivity index (χ4n) is 4.67. The van der Waals surface area contributed by atoms with E-state index in [2.05, 4.69) is 10.3 Å². The molecule has 0 fully saturated rings. The van der Waals surface area contributed by atoms with E-state index in [0.29, 0.717) is 5.56 Å². The van der Waals surface area contributed by atoms with Gasteiger partial charge in [-0.05, 0) is 18.1 Å². The topological polar surface area (TPSA) is 131 Å². The average molecular weight is 506 g/mol. The van der Waals surface area contributed by atoms with Crippen LogP contribution in [0.15, 0.2) is 16.9 Å². The monoisotopic (exact) mass is 505 g/mol. The summed E-state index contributed by atoms with van der Waals surface area (Å²) in [6, 6.07) is 2.40. The molecule has 0 saturated heterocycles. The third-order valence-electron chi connectivity index (χ3n) is 6.53. The summed E-state index contributed by atoms with van der Waals surface area (Å²) in [4.78, 5) is 41.8. The molecule has 5 rings (SSSR count). The van der Waals surface area contributed by atoms with Gasteiger partial charge in [-0.25, -0.2) is 18.6 Å². The molecule has 35 heavy (non-hydrogen) atoms. The number of esters is 1. The number of halogens is 3. The zero-order chi connectivity index (χ0) is 25.2. The number of aromatic nitrogens is 2. The van der Waals surface area contributed by atoms with Gasteiger partial charge in [-0.3, -0.25) is 9.59 Å². The van der Waals surface area contributed by atoms with Crippen molar-refractivity contribution >= 4 is 34.4 Å². The van der Waals surface area contributed by atoms with Crippen LogP contribution in [0.5, 0.6) is 0 Å². The van der Waals surface area contributed by atoms with E-state index in [9.17, 15) is 23.9 Å². The second-order valence-corrected chi connectivity index (χ2v) is 8.71. The molecule has 1 aromatic carbocycles. The zero-order valence-corrected chi connectivity index (χ0v) is 19.0. The van der Waals surface area contributed by atoms with Crippen molar-refractivity contribution in [1.29, 1.82) is 0 Å². The molecule has 9 nitrogen and oxygen atoms in total. The van der Waals surface area contributed by atoms with E-state index in [4.69, 9.17) is 21.4 Å². The van der Waals surface area contributed by atoms with Crippen molar-refractivity contribution in [3.05, 3.63) is 61.4 Å². The fraction of sp³-hybridized carbons (Fsp3) is 0.304. The van der Waals surface area contributed by atoms with Gasteiger partial charge in [-0.2, -0.15) is 0 Å². The van der Waals surface area contributed by atoms with Crippen molar-refractivity contribution in [2.75, 3.05) is 6.61 Å². The minimum absolute atomic E-state index is 0.0485. The van der Waals surface area contributed by atoms with Crippen molar-refractivity contribution in [2.24, 2.45) is 0 Å². The Bertz CT molecular complexity index is 1520. The highest BCUT2D eigenvalue weighted by Crippen LogP contribution is 2.41. The smallest absolute Gasteiger partial charge is 0.343 e. The first-order valence-corrected chi connectivity index (χ1v) is 11.0. The largest absolute Gasteiger partial charge is 0.458 e. The lowest BCUT2D eigenvalue weighted by Crippen LogP contribution is -2.44. The van der Waals surface area contributed by atoms with Gasteiger partial charge in [-0.15, -0.1) is 0 Å². The van der Waals surface area contributed by atoms with Crippen molar-refractivity contribution in [2.45, 2.75) is 38.6 Å². The third-order valence-corrected chi connectivity index (χ3v) is 6.88. The molecule has 0 radical (unpaired) electrons. The second kappa shape index (κ2) is 8.08. The molecule has 4 heterocycles. The summed E-state index contributed by atoms with van der Waals surface area (Å²) in [6.07, 6.45) is -0.0485. The minimum atomic E-state index is -2.04. The first-order chi connectivity index (χ1) is 16.6. The molecule has 3 aromatic rings. The van der Waals surface area contributed by atoms with Crippen molar-refractivity contribution < 1.29 is 33.3 Å². The Labute approximate surface area is 200 Å². The molecule has 0 bridgehead atoms. The van der Waals surface area contributed by atoms with Crippen LogP contribution in [0, 0.1) is 11.6 Å². The van der Waals surface area contributed by atoms with Crippen LogP contribution in [0.1, 0.15) is 35.6 Å². The Balaban J connectivity index is 1.81. The Morgan fingerprint density at radius 1 is 1.31 bits per heavy atom. The number of aliphatic hydroxyl groups excluding tert-OH is 1. The number of carbonyl (C=O) groups excluding carboxylic acids is 2. The van der Waals surface area contributed by atoms with E-state index in [0.717, 1.165) is 6.07 Å². The number of amides is 1. The van der Waals surface area contributed by atoms with Crippen LogP contribution in [0.3, 0.4) is 0 Å². The fourth-order valence-corrected chi connectivity index (χ4v) is 4.82. The van der Waals surface area contributed by atoms with E-state index >= 15 is 4.39 Å². The summed E-state index contributed by atoms with van der Waals surface area (Å²) in [5.74, 6) is -3.73. The molecule has 2 aliphatic rings. The van der Waals surface area contributed by atoms with E-state index in [1.807, 2.05) is 0 Å². The minimum Gasteiger partial charge on any atom is -0.458 e. The molecule has 2 aliphatic heterocycles. The number of fused-ring (bicyclic) bond motifs is 5. The maximum Gasteiger partial charge on any atom is 0.343 e. The summed E-state index contributed by atoms with van der Waals surface area (Å²) in [5, 5.41) is 21.6.